The fraction of sp³-hybridized carbons (Fsp3) is 0.0667. The number of fused-ring (bicyclic) bond motifs is 1. The Labute approximate surface area is 120 Å². The first kappa shape index (κ1) is 12.7. The summed E-state index contributed by atoms with van der Waals surface area (Å²) >= 11 is 5.90. The van der Waals surface area contributed by atoms with E-state index < -0.39 is 0 Å². The number of nitrogens with one attached hydrogen (secondary N) is 1. The van der Waals surface area contributed by atoms with E-state index in [0.717, 1.165) is 10.9 Å². The van der Waals surface area contributed by atoms with Crippen LogP contribution in [0.2, 0.25) is 5.02 Å². The van der Waals surface area contributed by atoms with E-state index in [0.29, 0.717) is 16.4 Å². The first-order valence-electron chi connectivity index (χ1n) is 6.05. The Morgan fingerprint density at radius 3 is 2.85 bits per heavy atom. The average molecular weight is 287 g/mol. The van der Waals surface area contributed by atoms with Crippen LogP contribution in [-0.2, 0) is 0 Å². The minimum atomic E-state index is -0.339. The number of rotatable bonds is 2. The number of nitrogens with zero attached hydrogens (tertiary/aromatic N) is 1. The summed E-state index contributed by atoms with van der Waals surface area (Å²) in [4.78, 5) is 16.2. The van der Waals surface area contributed by atoms with Crippen LogP contribution in [0.5, 0.6) is 0 Å². The third-order valence-electron chi connectivity index (χ3n) is 2.86. The van der Waals surface area contributed by atoms with Crippen molar-refractivity contribution < 1.29 is 9.21 Å². The van der Waals surface area contributed by atoms with Crippen LogP contribution in [-0.4, -0.2) is 10.9 Å². The average Bonchev–Trinajstić information content (AvgIpc) is 2.84. The van der Waals surface area contributed by atoms with Gasteiger partial charge in [-0.05, 0) is 42.8 Å². The highest BCUT2D eigenvalue weighted by molar-refractivity contribution is 6.31. The molecule has 0 aliphatic heterocycles. The lowest BCUT2D eigenvalue weighted by Crippen LogP contribution is -2.11. The van der Waals surface area contributed by atoms with Crippen LogP contribution in [0.1, 0.15) is 16.1 Å². The molecule has 0 fully saturated rings. The van der Waals surface area contributed by atoms with Gasteiger partial charge in [0.25, 0.3) is 5.91 Å². The summed E-state index contributed by atoms with van der Waals surface area (Å²) in [6.07, 6.45) is 1.69. The molecule has 1 N–H and O–H groups in total. The van der Waals surface area contributed by atoms with Gasteiger partial charge in [0.2, 0.25) is 0 Å². The Kier molecular flexibility index (Phi) is 3.16. The van der Waals surface area contributed by atoms with Gasteiger partial charge in [-0.2, -0.15) is 0 Å². The monoisotopic (exact) mass is 286 g/mol. The molecular formula is C15H11ClN2O2. The Bertz CT molecular complexity index is 778. The topological polar surface area (TPSA) is 55.1 Å². The molecule has 1 amide bonds. The lowest BCUT2D eigenvalue weighted by Gasteiger charge is -2.01. The standard InChI is InChI=1S/C15H11ClN2O2/c1-9-2-5-14(17-8-9)18-15(19)13-7-10-6-11(16)3-4-12(10)20-13/h2-8H,1H3,(H,17,18,19). The Morgan fingerprint density at radius 2 is 2.10 bits per heavy atom. The third-order valence-corrected chi connectivity index (χ3v) is 3.09. The molecule has 2 aromatic heterocycles. The van der Waals surface area contributed by atoms with Crippen LogP contribution in [0.4, 0.5) is 5.82 Å². The number of benzene rings is 1. The normalized spacial score (nSPS) is 10.7. The summed E-state index contributed by atoms with van der Waals surface area (Å²) in [5.41, 5.74) is 1.65. The summed E-state index contributed by atoms with van der Waals surface area (Å²) in [6, 6.07) is 10.5. The summed E-state index contributed by atoms with van der Waals surface area (Å²) in [5.74, 6) is 0.373. The number of hydrogen-bond donors (Lipinski definition) is 1. The first-order chi connectivity index (χ1) is 9.61. The van der Waals surface area contributed by atoms with E-state index in [1.807, 2.05) is 13.0 Å². The highest BCUT2D eigenvalue weighted by Crippen LogP contribution is 2.23. The molecule has 3 rings (SSSR count). The molecule has 2 heterocycles. The Morgan fingerprint density at radius 1 is 1.25 bits per heavy atom. The van der Waals surface area contributed by atoms with Crippen molar-refractivity contribution in [1.82, 2.24) is 4.98 Å². The van der Waals surface area contributed by atoms with Crippen LogP contribution in [0, 0.1) is 6.92 Å². The van der Waals surface area contributed by atoms with Crippen LogP contribution in [0.25, 0.3) is 11.0 Å². The molecule has 100 valence electrons. The van der Waals surface area contributed by atoms with Gasteiger partial charge in [0, 0.05) is 16.6 Å². The third kappa shape index (κ3) is 2.51. The SMILES string of the molecule is Cc1ccc(NC(=O)c2cc3cc(Cl)ccc3o2)nc1. The van der Waals surface area contributed by atoms with Crippen LogP contribution < -0.4 is 5.32 Å². The second-order valence-electron chi connectivity index (χ2n) is 4.47. The molecule has 0 bridgehead atoms. The van der Waals surface area contributed by atoms with Crippen molar-refractivity contribution in [3.05, 3.63) is 58.9 Å². The molecule has 0 radical (unpaired) electrons. The Hall–Kier alpha value is -2.33. The van der Waals surface area contributed by atoms with E-state index in [4.69, 9.17) is 16.0 Å². The van der Waals surface area contributed by atoms with Crippen LogP contribution in [0.15, 0.2) is 47.0 Å². The van der Waals surface area contributed by atoms with Crippen molar-refractivity contribution in [3.8, 4) is 0 Å². The number of anilines is 1. The zero-order chi connectivity index (χ0) is 14.1. The fourth-order valence-electron chi connectivity index (χ4n) is 1.85. The number of carbonyl (C=O) groups excluding carboxylic acids is 1. The maximum Gasteiger partial charge on any atom is 0.292 e. The number of carbonyl (C=O) groups is 1. The van der Waals surface area contributed by atoms with E-state index in [-0.39, 0.29) is 11.7 Å². The number of pyridine rings is 1. The van der Waals surface area contributed by atoms with Gasteiger partial charge < -0.3 is 9.73 Å². The van der Waals surface area contributed by atoms with Gasteiger partial charge in [-0.25, -0.2) is 4.98 Å². The zero-order valence-electron chi connectivity index (χ0n) is 10.7. The van der Waals surface area contributed by atoms with Crippen LogP contribution >= 0.6 is 11.6 Å². The molecule has 4 nitrogen and oxygen atoms in total. The van der Waals surface area contributed by atoms with E-state index in [1.54, 1.807) is 36.5 Å². The lowest BCUT2D eigenvalue weighted by molar-refractivity contribution is 0.0998. The van der Waals surface area contributed by atoms with Crippen molar-refractivity contribution in [2.24, 2.45) is 0 Å². The Balaban J connectivity index is 1.86. The molecule has 1 aromatic carbocycles. The van der Waals surface area contributed by atoms with E-state index in [9.17, 15) is 4.79 Å². The molecule has 0 spiro atoms. The van der Waals surface area contributed by atoms with Gasteiger partial charge >= 0.3 is 0 Å². The van der Waals surface area contributed by atoms with E-state index >= 15 is 0 Å². The number of hydrogen-bond acceptors (Lipinski definition) is 3. The van der Waals surface area contributed by atoms with Crippen molar-refractivity contribution in [3.63, 3.8) is 0 Å². The number of amides is 1. The highest BCUT2D eigenvalue weighted by Gasteiger charge is 2.13. The lowest BCUT2D eigenvalue weighted by atomic mass is 10.2. The van der Waals surface area contributed by atoms with Gasteiger partial charge in [0.1, 0.15) is 11.4 Å². The van der Waals surface area contributed by atoms with Gasteiger partial charge in [-0.1, -0.05) is 17.7 Å². The minimum absolute atomic E-state index is 0.227. The molecule has 0 saturated carbocycles. The predicted octanol–water partition coefficient (Wildman–Crippen LogP) is 4.04. The van der Waals surface area contributed by atoms with Crippen LogP contribution in [0.3, 0.4) is 0 Å². The molecule has 20 heavy (non-hydrogen) atoms. The molecule has 0 aliphatic carbocycles. The summed E-state index contributed by atoms with van der Waals surface area (Å²) in [7, 11) is 0. The molecule has 0 atom stereocenters. The highest BCUT2D eigenvalue weighted by atomic mass is 35.5. The number of aromatic nitrogens is 1. The van der Waals surface area contributed by atoms with Gasteiger partial charge in [-0.15, -0.1) is 0 Å². The van der Waals surface area contributed by atoms with Crippen molar-refractivity contribution in [2.45, 2.75) is 6.92 Å². The van der Waals surface area contributed by atoms with Crippen molar-refractivity contribution in [2.75, 3.05) is 5.32 Å². The van der Waals surface area contributed by atoms with E-state index in [1.165, 1.54) is 0 Å². The smallest absolute Gasteiger partial charge is 0.292 e. The quantitative estimate of drug-likeness (QED) is 0.773. The maximum atomic E-state index is 12.1. The van der Waals surface area contributed by atoms with Crippen molar-refractivity contribution in [1.29, 1.82) is 0 Å². The molecule has 0 saturated heterocycles. The largest absolute Gasteiger partial charge is 0.451 e. The minimum Gasteiger partial charge on any atom is -0.451 e. The second-order valence-corrected chi connectivity index (χ2v) is 4.90. The summed E-state index contributed by atoms with van der Waals surface area (Å²) < 4.78 is 5.48. The van der Waals surface area contributed by atoms with Gasteiger partial charge in [0.05, 0.1) is 0 Å². The maximum absolute atomic E-state index is 12.1. The summed E-state index contributed by atoms with van der Waals surface area (Å²) in [6.45, 7) is 1.93. The van der Waals surface area contributed by atoms with Crippen molar-refractivity contribution >= 4 is 34.3 Å². The predicted molar refractivity (Wildman–Crippen MR) is 78.2 cm³/mol. The molecule has 0 aliphatic rings. The molecule has 0 unspecified atom stereocenters. The van der Waals surface area contributed by atoms with Gasteiger partial charge in [-0.3, -0.25) is 4.79 Å². The number of halogens is 1. The molecular weight excluding hydrogens is 276 g/mol. The number of aryl methyl sites for hydroxylation is 1. The fourth-order valence-corrected chi connectivity index (χ4v) is 2.03. The first-order valence-corrected chi connectivity index (χ1v) is 6.43. The zero-order valence-corrected chi connectivity index (χ0v) is 11.4. The van der Waals surface area contributed by atoms with Gasteiger partial charge in [0.15, 0.2) is 5.76 Å². The number of furan rings is 1. The molecule has 3 aromatic rings. The van der Waals surface area contributed by atoms with E-state index in [2.05, 4.69) is 10.3 Å². The summed E-state index contributed by atoms with van der Waals surface area (Å²) in [5, 5.41) is 4.08. The molecule has 5 heteroatoms. The second kappa shape index (κ2) is 4.98.